The summed E-state index contributed by atoms with van der Waals surface area (Å²) in [5.41, 5.74) is 1.16. The second kappa shape index (κ2) is 8.04. The van der Waals surface area contributed by atoms with E-state index in [0.717, 1.165) is 18.4 Å². The standard InChI is InChI=1S/C15H22O2/c1-3-8-15(14(4-2)11-16)17-12-13-9-6-5-7-10-13/h4-7,9-10,14-16H,2-3,8,11-12H2,1H3/t14-,15?/m0/s1. The van der Waals surface area contributed by atoms with Crippen LogP contribution in [0.25, 0.3) is 0 Å². The molecule has 0 bridgehead atoms. The van der Waals surface area contributed by atoms with Crippen LogP contribution >= 0.6 is 0 Å². The minimum Gasteiger partial charge on any atom is -0.396 e. The molecule has 1 aromatic rings. The SMILES string of the molecule is C=C[C@@H](CO)C(CCC)OCc1ccccc1. The molecule has 0 aliphatic rings. The van der Waals surface area contributed by atoms with Crippen LogP contribution in [0, 0.1) is 5.92 Å². The summed E-state index contributed by atoms with van der Waals surface area (Å²) in [4.78, 5) is 0. The molecule has 0 amide bonds. The fraction of sp³-hybridized carbons (Fsp3) is 0.467. The molecule has 1 unspecified atom stereocenters. The molecule has 0 spiro atoms. The van der Waals surface area contributed by atoms with Crippen molar-refractivity contribution in [2.24, 2.45) is 5.92 Å². The fourth-order valence-electron chi connectivity index (χ4n) is 1.83. The van der Waals surface area contributed by atoms with Crippen molar-refractivity contribution in [1.29, 1.82) is 0 Å². The van der Waals surface area contributed by atoms with E-state index in [1.807, 2.05) is 30.3 Å². The quantitative estimate of drug-likeness (QED) is 0.700. The van der Waals surface area contributed by atoms with Crippen molar-refractivity contribution in [1.82, 2.24) is 0 Å². The van der Waals surface area contributed by atoms with E-state index in [0.29, 0.717) is 6.61 Å². The van der Waals surface area contributed by atoms with Gasteiger partial charge in [0.1, 0.15) is 0 Å². The predicted octanol–water partition coefficient (Wildman–Crippen LogP) is 3.17. The maximum atomic E-state index is 9.27. The van der Waals surface area contributed by atoms with Gasteiger partial charge in [-0.25, -0.2) is 0 Å². The van der Waals surface area contributed by atoms with E-state index in [-0.39, 0.29) is 18.6 Å². The minimum atomic E-state index is 0.0265. The first-order chi connectivity index (χ1) is 8.31. The molecule has 2 heteroatoms. The Kier molecular flexibility index (Phi) is 6.60. The van der Waals surface area contributed by atoms with Crippen LogP contribution in [0.1, 0.15) is 25.3 Å². The summed E-state index contributed by atoms with van der Waals surface area (Å²) in [5.74, 6) is 0.0265. The maximum absolute atomic E-state index is 9.27. The zero-order valence-corrected chi connectivity index (χ0v) is 10.5. The molecule has 1 rings (SSSR count). The van der Waals surface area contributed by atoms with E-state index in [4.69, 9.17) is 4.74 Å². The van der Waals surface area contributed by atoms with Crippen LogP contribution in [-0.4, -0.2) is 17.8 Å². The summed E-state index contributed by atoms with van der Waals surface area (Å²) in [6.07, 6.45) is 3.84. The van der Waals surface area contributed by atoms with Crippen molar-refractivity contribution in [2.45, 2.75) is 32.5 Å². The van der Waals surface area contributed by atoms with E-state index in [9.17, 15) is 5.11 Å². The summed E-state index contributed by atoms with van der Waals surface area (Å²) < 4.78 is 5.88. The third kappa shape index (κ3) is 4.72. The van der Waals surface area contributed by atoms with Crippen molar-refractivity contribution < 1.29 is 9.84 Å². The Labute approximate surface area is 104 Å². The van der Waals surface area contributed by atoms with Crippen LogP contribution in [0.3, 0.4) is 0 Å². The van der Waals surface area contributed by atoms with Gasteiger partial charge in [0.25, 0.3) is 0 Å². The molecule has 0 aliphatic heterocycles. The molecule has 1 N–H and O–H groups in total. The number of benzene rings is 1. The van der Waals surface area contributed by atoms with Gasteiger partial charge < -0.3 is 9.84 Å². The van der Waals surface area contributed by atoms with Gasteiger partial charge in [0.05, 0.1) is 19.3 Å². The number of hydrogen-bond acceptors (Lipinski definition) is 2. The largest absolute Gasteiger partial charge is 0.396 e. The van der Waals surface area contributed by atoms with Crippen molar-refractivity contribution in [3.05, 3.63) is 48.6 Å². The molecule has 0 aromatic heterocycles. The van der Waals surface area contributed by atoms with Gasteiger partial charge in [-0.1, -0.05) is 49.8 Å². The molecule has 17 heavy (non-hydrogen) atoms. The lowest BCUT2D eigenvalue weighted by Gasteiger charge is -2.23. The first kappa shape index (κ1) is 13.9. The zero-order valence-electron chi connectivity index (χ0n) is 10.5. The lowest BCUT2D eigenvalue weighted by atomic mass is 9.99. The molecule has 0 radical (unpaired) electrons. The molecule has 0 saturated heterocycles. The van der Waals surface area contributed by atoms with Gasteiger partial charge in [-0.2, -0.15) is 0 Å². The first-order valence-electron chi connectivity index (χ1n) is 6.20. The lowest BCUT2D eigenvalue weighted by Crippen LogP contribution is -2.25. The first-order valence-corrected chi connectivity index (χ1v) is 6.20. The molecule has 1 aromatic carbocycles. The van der Waals surface area contributed by atoms with Gasteiger partial charge in [-0.05, 0) is 12.0 Å². The second-order valence-corrected chi connectivity index (χ2v) is 4.21. The lowest BCUT2D eigenvalue weighted by molar-refractivity contribution is -0.00651. The Morgan fingerprint density at radius 3 is 2.59 bits per heavy atom. The van der Waals surface area contributed by atoms with Gasteiger partial charge in [-0.15, -0.1) is 6.58 Å². The minimum absolute atomic E-state index is 0.0265. The third-order valence-electron chi connectivity index (χ3n) is 2.87. The number of rotatable bonds is 8. The van der Waals surface area contributed by atoms with Gasteiger partial charge in [0.2, 0.25) is 0 Å². The Balaban J connectivity index is 2.52. The van der Waals surface area contributed by atoms with E-state index in [2.05, 4.69) is 13.5 Å². The Hall–Kier alpha value is -1.12. The number of aliphatic hydroxyl groups excluding tert-OH is 1. The molecule has 0 heterocycles. The van der Waals surface area contributed by atoms with Gasteiger partial charge >= 0.3 is 0 Å². The van der Waals surface area contributed by atoms with E-state index < -0.39 is 0 Å². The van der Waals surface area contributed by atoms with Crippen LogP contribution < -0.4 is 0 Å². The van der Waals surface area contributed by atoms with Gasteiger partial charge in [0, 0.05) is 5.92 Å². The highest BCUT2D eigenvalue weighted by Gasteiger charge is 2.17. The van der Waals surface area contributed by atoms with E-state index in [1.165, 1.54) is 0 Å². The van der Waals surface area contributed by atoms with Crippen LogP contribution in [0.5, 0.6) is 0 Å². The predicted molar refractivity (Wildman–Crippen MR) is 70.7 cm³/mol. The highest BCUT2D eigenvalue weighted by Crippen LogP contribution is 2.16. The van der Waals surface area contributed by atoms with Crippen molar-refractivity contribution in [3.63, 3.8) is 0 Å². The fourth-order valence-corrected chi connectivity index (χ4v) is 1.83. The highest BCUT2D eigenvalue weighted by molar-refractivity contribution is 5.13. The molecule has 0 fully saturated rings. The summed E-state index contributed by atoms with van der Waals surface area (Å²) in [6, 6.07) is 10.1. The zero-order chi connectivity index (χ0) is 12.5. The summed E-state index contributed by atoms with van der Waals surface area (Å²) in [5, 5.41) is 9.27. The van der Waals surface area contributed by atoms with Crippen molar-refractivity contribution in [3.8, 4) is 0 Å². The van der Waals surface area contributed by atoms with Crippen LogP contribution in [0.2, 0.25) is 0 Å². The Bertz CT molecular complexity index is 308. The topological polar surface area (TPSA) is 29.5 Å². The number of hydrogen-bond donors (Lipinski definition) is 1. The van der Waals surface area contributed by atoms with Crippen LogP contribution in [-0.2, 0) is 11.3 Å². The number of aliphatic hydroxyl groups is 1. The smallest absolute Gasteiger partial charge is 0.0720 e. The Morgan fingerprint density at radius 1 is 1.35 bits per heavy atom. The summed E-state index contributed by atoms with van der Waals surface area (Å²) >= 11 is 0. The highest BCUT2D eigenvalue weighted by atomic mass is 16.5. The third-order valence-corrected chi connectivity index (χ3v) is 2.87. The van der Waals surface area contributed by atoms with Crippen molar-refractivity contribution in [2.75, 3.05) is 6.61 Å². The molecule has 94 valence electrons. The second-order valence-electron chi connectivity index (χ2n) is 4.21. The maximum Gasteiger partial charge on any atom is 0.0720 e. The summed E-state index contributed by atoms with van der Waals surface area (Å²) in [6.45, 7) is 6.56. The van der Waals surface area contributed by atoms with Crippen LogP contribution in [0.15, 0.2) is 43.0 Å². The number of ether oxygens (including phenoxy) is 1. The molecule has 2 nitrogen and oxygen atoms in total. The van der Waals surface area contributed by atoms with E-state index >= 15 is 0 Å². The average Bonchev–Trinajstić information content (AvgIpc) is 2.38. The van der Waals surface area contributed by atoms with Gasteiger partial charge in [-0.3, -0.25) is 0 Å². The molecular formula is C15H22O2. The van der Waals surface area contributed by atoms with Crippen LogP contribution in [0.4, 0.5) is 0 Å². The monoisotopic (exact) mass is 234 g/mol. The van der Waals surface area contributed by atoms with Gasteiger partial charge in [0.15, 0.2) is 0 Å². The summed E-state index contributed by atoms with van der Waals surface area (Å²) in [7, 11) is 0. The van der Waals surface area contributed by atoms with E-state index in [1.54, 1.807) is 6.08 Å². The molecular weight excluding hydrogens is 212 g/mol. The normalized spacial score (nSPS) is 14.2. The Morgan fingerprint density at radius 2 is 2.06 bits per heavy atom. The average molecular weight is 234 g/mol. The molecule has 0 saturated carbocycles. The molecule has 2 atom stereocenters. The van der Waals surface area contributed by atoms with Crippen molar-refractivity contribution >= 4 is 0 Å². The molecule has 0 aliphatic carbocycles.